The molecule has 106 valence electrons. The van der Waals surface area contributed by atoms with Crippen LogP contribution in [0.5, 0.6) is 0 Å². The largest absolute Gasteiger partial charge is 0.459 e. The summed E-state index contributed by atoms with van der Waals surface area (Å²) in [4.78, 5) is 23.3. The Morgan fingerprint density at radius 1 is 1.25 bits per heavy atom. The average molecular weight is 274 g/mol. The van der Waals surface area contributed by atoms with Gasteiger partial charge in [-0.2, -0.15) is 0 Å². The van der Waals surface area contributed by atoms with Gasteiger partial charge in [0, 0.05) is 17.1 Å². The molecule has 0 radical (unpaired) electrons. The second-order valence-electron chi connectivity index (χ2n) is 5.64. The molecule has 0 bridgehead atoms. The van der Waals surface area contributed by atoms with Crippen molar-refractivity contribution in [3.63, 3.8) is 0 Å². The second kappa shape index (κ2) is 5.00. The van der Waals surface area contributed by atoms with E-state index >= 15 is 0 Å². The van der Waals surface area contributed by atoms with E-state index < -0.39 is 11.5 Å². The molecule has 1 aromatic heterocycles. The summed E-state index contributed by atoms with van der Waals surface area (Å²) in [7, 11) is 0. The predicted octanol–water partition coefficient (Wildman–Crippen LogP) is 2.08. The summed E-state index contributed by atoms with van der Waals surface area (Å²) in [5, 5.41) is 0.739. The van der Waals surface area contributed by atoms with Gasteiger partial charge in [-0.15, -0.1) is 0 Å². The molecule has 5 nitrogen and oxygen atoms in total. The minimum atomic E-state index is -0.535. The fraction of sp³-hybridized carbons (Fsp3) is 0.333. The molecule has 0 spiro atoms. The maximum absolute atomic E-state index is 11.9. The van der Waals surface area contributed by atoms with Crippen molar-refractivity contribution in [3.05, 3.63) is 36.0 Å². The van der Waals surface area contributed by atoms with Gasteiger partial charge >= 0.3 is 5.97 Å². The number of aromatic nitrogens is 1. The topological polar surface area (TPSA) is 74.3 Å². The summed E-state index contributed by atoms with van der Waals surface area (Å²) >= 11 is 0. The summed E-state index contributed by atoms with van der Waals surface area (Å²) in [6, 6.07) is 7.32. The summed E-state index contributed by atoms with van der Waals surface area (Å²) in [5.41, 5.74) is 6.01. The number of primary amides is 1. The molecular formula is C15H18N2O3. The van der Waals surface area contributed by atoms with E-state index in [-0.39, 0.29) is 12.5 Å². The molecule has 0 aliphatic rings. The fourth-order valence-corrected chi connectivity index (χ4v) is 2.09. The smallest absolute Gasteiger partial charge is 0.326 e. The zero-order valence-electron chi connectivity index (χ0n) is 11.8. The first-order valence-electron chi connectivity index (χ1n) is 6.37. The lowest BCUT2D eigenvalue weighted by Gasteiger charge is -2.19. The van der Waals surface area contributed by atoms with Crippen molar-refractivity contribution < 1.29 is 14.3 Å². The first-order valence-corrected chi connectivity index (χ1v) is 6.37. The van der Waals surface area contributed by atoms with E-state index in [0.717, 1.165) is 10.9 Å². The number of hydrogen-bond acceptors (Lipinski definition) is 3. The molecule has 2 N–H and O–H groups in total. The van der Waals surface area contributed by atoms with Crippen LogP contribution in [0, 0.1) is 0 Å². The van der Waals surface area contributed by atoms with Gasteiger partial charge in [0.1, 0.15) is 12.1 Å². The third-order valence-corrected chi connectivity index (χ3v) is 2.77. The van der Waals surface area contributed by atoms with Gasteiger partial charge in [-0.25, -0.2) is 0 Å². The quantitative estimate of drug-likeness (QED) is 0.871. The second-order valence-corrected chi connectivity index (χ2v) is 5.64. The van der Waals surface area contributed by atoms with Crippen LogP contribution in [0.4, 0.5) is 0 Å². The van der Waals surface area contributed by atoms with E-state index in [1.807, 2.05) is 39.0 Å². The molecule has 0 saturated carbocycles. The lowest BCUT2D eigenvalue weighted by molar-refractivity contribution is -0.155. The van der Waals surface area contributed by atoms with Crippen LogP contribution in [0.25, 0.3) is 10.9 Å². The molecule has 20 heavy (non-hydrogen) atoms. The average Bonchev–Trinajstić information content (AvgIpc) is 2.66. The van der Waals surface area contributed by atoms with E-state index in [1.165, 1.54) is 0 Å². The van der Waals surface area contributed by atoms with Gasteiger partial charge in [0.05, 0.1) is 5.56 Å². The van der Waals surface area contributed by atoms with E-state index in [0.29, 0.717) is 5.56 Å². The zero-order valence-corrected chi connectivity index (χ0v) is 11.8. The molecule has 2 aromatic rings. The van der Waals surface area contributed by atoms with E-state index in [4.69, 9.17) is 10.5 Å². The van der Waals surface area contributed by atoms with Crippen molar-refractivity contribution >= 4 is 22.8 Å². The SMILES string of the molecule is CC(C)(C)OC(=O)Cn1cc(C(N)=O)c2ccccc21. The molecule has 0 aliphatic carbocycles. The Balaban J connectivity index is 2.36. The number of fused-ring (bicyclic) bond motifs is 1. The third kappa shape index (κ3) is 2.99. The first-order chi connectivity index (χ1) is 9.28. The molecule has 0 atom stereocenters. The lowest BCUT2D eigenvalue weighted by atomic mass is 10.2. The van der Waals surface area contributed by atoms with Crippen LogP contribution in [0.3, 0.4) is 0 Å². The van der Waals surface area contributed by atoms with E-state index in [9.17, 15) is 9.59 Å². The highest BCUT2D eigenvalue weighted by Gasteiger charge is 2.19. The Bertz CT molecular complexity index is 665. The summed E-state index contributed by atoms with van der Waals surface area (Å²) in [6.07, 6.45) is 1.59. The van der Waals surface area contributed by atoms with Crippen LogP contribution in [0.1, 0.15) is 31.1 Å². The van der Waals surface area contributed by atoms with Crippen LogP contribution < -0.4 is 5.73 Å². The Hall–Kier alpha value is -2.30. The van der Waals surface area contributed by atoms with Gasteiger partial charge in [0.15, 0.2) is 0 Å². The van der Waals surface area contributed by atoms with E-state index in [2.05, 4.69) is 0 Å². The van der Waals surface area contributed by atoms with Crippen molar-refractivity contribution in [3.8, 4) is 0 Å². The number of nitrogens with zero attached hydrogens (tertiary/aromatic N) is 1. The Morgan fingerprint density at radius 3 is 2.50 bits per heavy atom. The highest BCUT2D eigenvalue weighted by Crippen LogP contribution is 2.21. The minimum Gasteiger partial charge on any atom is -0.459 e. The van der Waals surface area contributed by atoms with Crippen molar-refractivity contribution in [1.29, 1.82) is 0 Å². The molecular weight excluding hydrogens is 256 g/mol. The zero-order chi connectivity index (χ0) is 14.9. The predicted molar refractivity (Wildman–Crippen MR) is 76.3 cm³/mol. The minimum absolute atomic E-state index is 0.0467. The highest BCUT2D eigenvalue weighted by molar-refractivity contribution is 6.06. The first kappa shape index (κ1) is 14.1. The summed E-state index contributed by atoms with van der Waals surface area (Å²) < 4.78 is 6.97. The van der Waals surface area contributed by atoms with Gasteiger partial charge in [-0.1, -0.05) is 18.2 Å². The summed E-state index contributed by atoms with van der Waals surface area (Å²) in [5.74, 6) is -0.863. The number of esters is 1. The number of carbonyl (C=O) groups excluding carboxylic acids is 2. The van der Waals surface area contributed by atoms with Crippen molar-refractivity contribution in [2.75, 3.05) is 0 Å². The number of rotatable bonds is 3. The number of para-hydroxylation sites is 1. The van der Waals surface area contributed by atoms with E-state index in [1.54, 1.807) is 16.8 Å². The molecule has 0 saturated heterocycles. The number of amides is 1. The number of benzene rings is 1. The molecule has 1 amide bonds. The maximum atomic E-state index is 11.9. The molecule has 5 heteroatoms. The van der Waals surface area contributed by atoms with Crippen LogP contribution in [-0.2, 0) is 16.1 Å². The Labute approximate surface area is 117 Å². The van der Waals surface area contributed by atoms with Crippen molar-refractivity contribution in [1.82, 2.24) is 4.57 Å². The van der Waals surface area contributed by atoms with Crippen LogP contribution in [-0.4, -0.2) is 22.0 Å². The Morgan fingerprint density at radius 2 is 1.90 bits per heavy atom. The molecule has 1 aromatic carbocycles. The third-order valence-electron chi connectivity index (χ3n) is 2.77. The van der Waals surface area contributed by atoms with Gasteiger partial charge in [0.25, 0.3) is 5.91 Å². The van der Waals surface area contributed by atoms with Crippen LogP contribution >= 0.6 is 0 Å². The molecule has 0 aliphatic heterocycles. The van der Waals surface area contributed by atoms with Crippen LogP contribution in [0.15, 0.2) is 30.5 Å². The Kier molecular flexibility index (Phi) is 3.53. The summed E-state index contributed by atoms with van der Waals surface area (Å²) in [6.45, 7) is 5.49. The number of carbonyl (C=O) groups is 2. The highest BCUT2D eigenvalue weighted by atomic mass is 16.6. The van der Waals surface area contributed by atoms with Gasteiger partial charge in [0.2, 0.25) is 0 Å². The van der Waals surface area contributed by atoms with Gasteiger partial charge in [-0.3, -0.25) is 9.59 Å². The monoisotopic (exact) mass is 274 g/mol. The number of hydrogen-bond donors (Lipinski definition) is 1. The maximum Gasteiger partial charge on any atom is 0.326 e. The molecule has 2 rings (SSSR count). The van der Waals surface area contributed by atoms with Crippen molar-refractivity contribution in [2.45, 2.75) is 32.9 Å². The fourth-order valence-electron chi connectivity index (χ4n) is 2.09. The standard InChI is InChI=1S/C15H18N2O3/c1-15(2,3)20-13(18)9-17-8-11(14(16)19)10-6-4-5-7-12(10)17/h4-8H,9H2,1-3H3,(H2,16,19). The number of nitrogens with two attached hydrogens (primary N) is 1. The molecule has 0 fully saturated rings. The molecule has 1 heterocycles. The lowest BCUT2D eigenvalue weighted by Crippen LogP contribution is -2.26. The number of ether oxygens (including phenoxy) is 1. The molecule has 0 unspecified atom stereocenters. The van der Waals surface area contributed by atoms with Gasteiger partial charge < -0.3 is 15.0 Å². The van der Waals surface area contributed by atoms with Crippen molar-refractivity contribution in [2.24, 2.45) is 5.73 Å². The van der Waals surface area contributed by atoms with Gasteiger partial charge in [-0.05, 0) is 26.8 Å². The van der Waals surface area contributed by atoms with Crippen LogP contribution in [0.2, 0.25) is 0 Å². The normalized spacial score (nSPS) is 11.6.